The van der Waals surface area contributed by atoms with Gasteiger partial charge in [-0.1, -0.05) is 36.4 Å². The quantitative estimate of drug-likeness (QED) is 0.229. The summed E-state index contributed by atoms with van der Waals surface area (Å²) in [5.74, 6) is 0.0622. The summed E-state index contributed by atoms with van der Waals surface area (Å²) in [6.07, 6.45) is -1.25. The number of morpholine rings is 1. The molecule has 1 aliphatic heterocycles. The van der Waals surface area contributed by atoms with E-state index in [9.17, 15) is 18.0 Å². The van der Waals surface area contributed by atoms with Gasteiger partial charge in [0.15, 0.2) is 0 Å². The highest BCUT2D eigenvalue weighted by Gasteiger charge is 2.30. The standard InChI is InChI=1S/C30H33F3N4O3/c31-30(32,33)24-10-12-25(13-11-24)40-21-28(35-15-16-37-17-19-39-20-18-37)23-8-5-22(6-9-23)7-14-29(38)36-27-4-2-1-3-26(27)34/h1-14,28,35H,15-21,34H2,(H,36,38). The van der Waals surface area contributed by atoms with Crippen molar-refractivity contribution in [3.05, 3.63) is 95.6 Å². The highest BCUT2D eigenvalue weighted by atomic mass is 19.4. The van der Waals surface area contributed by atoms with Crippen LogP contribution in [0.25, 0.3) is 6.08 Å². The summed E-state index contributed by atoms with van der Waals surface area (Å²) in [6, 6.07) is 19.2. The smallest absolute Gasteiger partial charge is 0.416 e. The largest absolute Gasteiger partial charge is 0.492 e. The van der Waals surface area contributed by atoms with Crippen LogP contribution in [0.15, 0.2) is 78.9 Å². The molecule has 3 aromatic carbocycles. The molecule has 0 aliphatic carbocycles. The minimum absolute atomic E-state index is 0.203. The van der Waals surface area contributed by atoms with Crippen LogP contribution in [0.1, 0.15) is 22.7 Å². The Morgan fingerprint density at radius 3 is 2.40 bits per heavy atom. The first-order chi connectivity index (χ1) is 19.3. The summed E-state index contributed by atoms with van der Waals surface area (Å²) < 4.78 is 50.0. The molecule has 40 heavy (non-hydrogen) atoms. The van der Waals surface area contributed by atoms with Gasteiger partial charge in [0.25, 0.3) is 0 Å². The fraction of sp³-hybridized carbons (Fsp3) is 0.300. The van der Waals surface area contributed by atoms with Gasteiger partial charge in [-0.25, -0.2) is 0 Å². The van der Waals surface area contributed by atoms with E-state index in [1.165, 1.54) is 18.2 Å². The zero-order valence-corrected chi connectivity index (χ0v) is 22.0. The van der Waals surface area contributed by atoms with Gasteiger partial charge in [0.2, 0.25) is 5.91 Å². The number of nitrogen functional groups attached to an aromatic ring is 1. The summed E-state index contributed by atoms with van der Waals surface area (Å²) in [5, 5.41) is 6.26. The minimum Gasteiger partial charge on any atom is -0.492 e. The van der Waals surface area contributed by atoms with Crippen molar-refractivity contribution in [2.75, 3.05) is 57.1 Å². The molecule has 1 heterocycles. The van der Waals surface area contributed by atoms with Crippen LogP contribution in [0, 0.1) is 0 Å². The lowest BCUT2D eigenvalue weighted by atomic mass is 10.0. The molecule has 7 nitrogen and oxygen atoms in total. The Labute approximate surface area is 231 Å². The lowest BCUT2D eigenvalue weighted by Crippen LogP contribution is -2.41. The highest BCUT2D eigenvalue weighted by Crippen LogP contribution is 2.30. The van der Waals surface area contributed by atoms with E-state index in [0.717, 1.165) is 42.9 Å². The van der Waals surface area contributed by atoms with Crippen molar-refractivity contribution in [1.82, 2.24) is 10.2 Å². The molecular weight excluding hydrogens is 521 g/mol. The number of alkyl halides is 3. The molecule has 1 fully saturated rings. The third kappa shape index (κ3) is 8.84. The maximum atomic E-state index is 12.9. The fourth-order valence-electron chi connectivity index (χ4n) is 4.21. The maximum Gasteiger partial charge on any atom is 0.416 e. The van der Waals surface area contributed by atoms with Crippen LogP contribution in [0.5, 0.6) is 5.75 Å². The van der Waals surface area contributed by atoms with E-state index >= 15 is 0 Å². The average Bonchev–Trinajstić information content (AvgIpc) is 2.96. The van der Waals surface area contributed by atoms with Crippen LogP contribution >= 0.6 is 0 Å². The zero-order valence-electron chi connectivity index (χ0n) is 22.0. The molecule has 1 aliphatic rings. The van der Waals surface area contributed by atoms with Crippen LogP contribution in [0.3, 0.4) is 0 Å². The van der Waals surface area contributed by atoms with Crippen molar-refractivity contribution in [3.63, 3.8) is 0 Å². The predicted molar refractivity (Wildman–Crippen MR) is 150 cm³/mol. The van der Waals surface area contributed by atoms with E-state index in [0.29, 0.717) is 36.9 Å². The molecule has 0 bridgehead atoms. The SMILES string of the molecule is Nc1ccccc1NC(=O)C=Cc1ccc(C(COc2ccc(C(F)(F)F)cc2)NCCN2CCOCC2)cc1. The highest BCUT2D eigenvalue weighted by molar-refractivity contribution is 6.03. The number of halogens is 3. The number of carbonyl (C=O) groups excluding carboxylic acids is 1. The first-order valence-corrected chi connectivity index (χ1v) is 13.0. The van der Waals surface area contributed by atoms with E-state index < -0.39 is 11.7 Å². The number of hydrogen-bond donors (Lipinski definition) is 3. The second-order valence-corrected chi connectivity index (χ2v) is 9.37. The number of anilines is 2. The molecular formula is C30H33F3N4O3. The van der Waals surface area contributed by atoms with Gasteiger partial charge in [0.05, 0.1) is 36.2 Å². The molecule has 1 atom stereocenters. The Hall–Kier alpha value is -3.86. The van der Waals surface area contributed by atoms with E-state index in [4.69, 9.17) is 15.2 Å². The van der Waals surface area contributed by atoms with Gasteiger partial charge in [-0.15, -0.1) is 0 Å². The van der Waals surface area contributed by atoms with Crippen molar-refractivity contribution in [1.29, 1.82) is 0 Å². The fourth-order valence-corrected chi connectivity index (χ4v) is 4.21. The molecule has 0 radical (unpaired) electrons. The van der Waals surface area contributed by atoms with Crippen molar-refractivity contribution in [2.45, 2.75) is 12.2 Å². The second-order valence-electron chi connectivity index (χ2n) is 9.37. The van der Waals surface area contributed by atoms with Gasteiger partial charge >= 0.3 is 6.18 Å². The van der Waals surface area contributed by atoms with Gasteiger partial charge in [0, 0.05) is 32.3 Å². The molecule has 1 unspecified atom stereocenters. The number of hydrogen-bond acceptors (Lipinski definition) is 6. The summed E-state index contributed by atoms with van der Waals surface area (Å²) in [4.78, 5) is 14.6. The summed E-state index contributed by atoms with van der Waals surface area (Å²) >= 11 is 0. The van der Waals surface area contributed by atoms with E-state index in [1.54, 1.807) is 30.3 Å². The van der Waals surface area contributed by atoms with Gasteiger partial charge in [0.1, 0.15) is 12.4 Å². The van der Waals surface area contributed by atoms with Crippen molar-refractivity contribution < 1.29 is 27.4 Å². The van der Waals surface area contributed by atoms with Crippen LogP contribution in [0.4, 0.5) is 24.5 Å². The molecule has 4 rings (SSSR count). The Bertz CT molecular complexity index is 1260. The zero-order chi connectivity index (χ0) is 28.4. The number of rotatable bonds is 11. The summed E-state index contributed by atoms with van der Waals surface area (Å²) in [6.45, 7) is 4.94. The summed E-state index contributed by atoms with van der Waals surface area (Å²) in [5.41, 5.74) is 7.97. The number of carbonyl (C=O) groups is 1. The summed E-state index contributed by atoms with van der Waals surface area (Å²) in [7, 11) is 0. The number of nitrogens with two attached hydrogens (primary N) is 1. The third-order valence-electron chi connectivity index (χ3n) is 6.51. The van der Waals surface area contributed by atoms with Gasteiger partial charge in [-0.3, -0.25) is 9.69 Å². The molecule has 212 valence electrons. The number of amides is 1. The molecule has 1 saturated heterocycles. The van der Waals surface area contributed by atoms with E-state index in [2.05, 4.69) is 15.5 Å². The van der Waals surface area contributed by atoms with Crippen molar-refractivity contribution >= 4 is 23.4 Å². The molecule has 0 aromatic heterocycles. The van der Waals surface area contributed by atoms with Crippen LogP contribution in [-0.2, 0) is 15.7 Å². The van der Waals surface area contributed by atoms with E-state index in [1.807, 2.05) is 24.3 Å². The Morgan fingerprint density at radius 1 is 1.02 bits per heavy atom. The third-order valence-corrected chi connectivity index (χ3v) is 6.51. The maximum absolute atomic E-state index is 12.9. The Morgan fingerprint density at radius 2 is 1.73 bits per heavy atom. The number of benzene rings is 3. The van der Waals surface area contributed by atoms with Gasteiger partial charge < -0.3 is 25.8 Å². The molecule has 3 aromatic rings. The van der Waals surface area contributed by atoms with Gasteiger partial charge in [-0.2, -0.15) is 13.2 Å². The molecule has 0 spiro atoms. The monoisotopic (exact) mass is 554 g/mol. The van der Waals surface area contributed by atoms with Crippen LogP contribution < -0.4 is 21.1 Å². The van der Waals surface area contributed by atoms with Crippen LogP contribution in [0.2, 0.25) is 0 Å². The molecule has 10 heteroatoms. The lowest BCUT2D eigenvalue weighted by molar-refractivity contribution is -0.137. The molecule has 1 amide bonds. The second kappa shape index (κ2) is 14.0. The Balaban J connectivity index is 1.38. The Kier molecular flexibility index (Phi) is 10.2. The predicted octanol–water partition coefficient (Wildman–Crippen LogP) is 4.98. The van der Waals surface area contributed by atoms with E-state index in [-0.39, 0.29) is 18.6 Å². The average molecular weight is 555 g/mol. The number of nitrogens with zero attached hydrogens (tertiary/aromatic N) is 1. The van der Waals surface area contributed by atoms with Crippen LogP contribution in [-0.4, -0.2) is 56.8 Å². The number of nitrogens with one attached hydrogen (secondary N) is 2. The first-order valence-electron chi connectivity index (χ1n) is 13.0. The first kappa shape index (κ1) is 29.1. The minimum atomic E-state index is -4.39. The number of para-hydroxylation sites is 2. The molecule has 0 saturated carbocycles. The van der Waals surface area contributed by atoms with Gasteiger partial charge in [-0.05, 0) is 53.6 Å². The normalized spacial score (nSPS) is 15.2. The van der Waals surface area contributed by atoms with Crippen molar-refractivity contribution in [2.24, 2.45) is 0 Å². The molecule has 4 N–H and O–H groups in total. The van der Waals surface area contributed by atoms with Crippen molar-refractivity contribution in [3.8, 4) is 5.75 Å². The topological polar surface area (TPSA) is 88.8 Å². The number of ether oxygens (including phenoxy) is 2. The lowest BCUT2D eigenvalue weighted by Gasteiger charge is -2.28.